The molecule has 0 fully saturated rings. The van der Waals surface area contributed by atoms with Crippen molar-refractivity contribution in [3.8, 4) is 11.5 Å². The lowest BCUT2D eigenvalue weighted by Gasteiger charge is -2.02. The lowest BCUT2D eigenvalue weighted by atomic mass is 10.1. The van der Waals surface area contributed by atoms with E-state index in [2.05, 4.69) is 0 Å². The summed E-state index contributed by atoms with van der Waals surface area (Å²) in [4.78, 5) is 11.9. The molecule has 0 aliphatic rings. The molecule has 19 heavy (non-hydrogen) atoms. The number of aryl methyl sites for hydroxylation is 1. The molecule has 3 heteroatoms. The van der Waals surface area contributed by atoms with Crippen molar-refractivity contribution < 1.29 is 15.0 Å². The van der Waals surface area contributed by atoms with Gasteiger partial charge in [0.2, 0.25) is 0 Å². The van der Waals surface area contributed by atoms with E-state index in [1.807, 2.05) is 31.2 Å². The maximum absolute atomic E-state index is 11.9. The Morgan fingerprint density at radius 2 is 1.84 bits per heavy atom. The van der Waals surface area contributed by atoms with E-state index >= 15 is 0 Å². The van der Waals surface area contributed by atoms with Crippen LogP contribution < -0.4 is 0 Å². The van der Waals surface area contributed by atoms with Crippen molar-refractivity contribution in [2.45, 2.75) is 6.92 Å². The maximum Gasteiger partial charge on any atom is 0.189 e. The Hall–Kier alpha value is -2.55. The molecule has 2 aromatic carbocycles. The van der Waals surface area contributed by atoms with Gasteiger partial charge in [0.15, 0.2) is 5.78 Å². The first-order chi connectivity index (χ1) is 9.08. The number of hydrogen-bond acceptors (Lipinski definition) is 3. The minimum atomic E-state index is -0.350. The van der Waals surface area contributed by atoms with Gasteiger partial charge in [0.25, 0.3) is 0 Å². The molecule has 0 amide bonds. The highest BCUT2D eigenvalue weighted by Gasteiger charge is 2.09. The second kappa shape index (κ2) is 5.40. The number of phenols is 2. The number of benzene rings is 2. The molecule has 0 saturated carbocycles. The van der Waals surface area contributed by atoms with Crippen molar-refractivity contribution in [1.29, 1.82) is 0 Å². The first-order valence-electron chi connectivity index (χ1n) is 5.88. The van der Waals surface area contributed by atoms with Crippen LogP contribution in [0.25, 0.3) is 6.08 Å². The molecule has 0 heterocycles. The topological polar surface area (TPSA) is 57.5 Å². The van der Waals surface area contributed by atoms with Crippen LogP contribution in [-0.2, 0) is 0 Å². The van der Waals surface area contributed by atoms with E-state index in [1.54, 1.807) is 6.08 Å². The summed E-state index contributed by atoms with van der Waals surface area (Å²) in [5.74, 6) is -0.542. The second-order valence-corrected chi connectivity index (χ2v) is 4.26. The summed E-state index contributed by atoms with van der Waals surface area (Å²) in [6.07, 6.45) is 3.08. The molecule has 0 atom stereocenters. The monoisotopic (exact) mass is 254 g/mol. The zero-order valence-electron chi connectivity index (χ0n) is 10.5. The van der Waals surface area contributed by atoms with Gasteiger partial charge < -0.3 is 10.2 Å². The van der Waals surface area contributed by atoms with Crippen molar-refractivity contribution >= 4 is 11.9 Å². The number of allylic oxidation sites excluding steroid dienone is 1. The van der Waals surface area contributed by atoms with Crippen molar-refractivity contribution in [3.63, 3.8) is 0 Å². The van der Waals surface area contributed by atoms with Gasteiger partial charge in [-0.25, -0.2) is 0 Å². The van der Waals surface area contributed by atoms with Crippen LogP contribution in [0, 0.1) is 6.92 Å². The number of ketones is 1. The van der Waals surface area contributed by atoms with Gasteiger partial charge in [0.1, 0.15) is 11.5 Å². The number of carbonyl (C=O) groups excluding carboxylic acids is 1. The molecule has 0 radical (unpaired) electrons. The molecular weight excluding hydrogens is 240 g/mol. The standard InChI is InChI=1S/C16H14O3/c1-11-4-2-3-5-12(11)6-8-15(18)14-10-13(17)7-9-16(14)19/h2-10,17,19H,1H3/b8-6+. The van der Waals surface area contributed by atoms with Gasteiger partial charge in [-0.15, -0.1) is 0 Å². The zero-order chi connectivity index (χ0) is 13.8. The van der Waals surface area contributed by atoms with Gasteiger partial charge in [0.05, 0.1) is 5.56 Å². The number of aromatic hydroxyl groups is 2. The molecule has 0 spiro atoms. The van der Waals surface area contributed by atoms with E-state index in [0.717, 1.165) is 11.1 Å². The van der Waals surface area contributed by atoms with Crippen molar-refractivity contribution in [1.82, 2.24) is 0 Å². The van der Waals surface area contributed by atoms with Crippen molar-refractivity contribution in [3.05, 3.63) is 65.2 Å². The van der Waals surface area contributed by atoms with E-state index in [-0.39, 0.29) is 22.8 Å². The van der Waals surface area contributed by atoms with Crippen LogP contribution in [-0.4, -0.2) is 16.0 Å². The predicted octanol–water partition coefficient (Wildman–Crippen LogP) is 3.30. The molecule has 2 N–H and O–H groups in total. The Kier molecular flexibility index (Phi) is 3.66. The third kappa shape index (κ3) is 3.01. The van der Waals surface area contributed by atoms with E-state index in [0.29, 0.717) is 0 Å². The summed E-state index contributed by atoms with van der Waals surface area (Å²) < 4.78 is 0. The average molecular weight is 254 g/mol. The highest BCUT2D eigenvalue weighted by Crippen LogP contribution is 2.23. The molecule has 96 valence electrons. The first kappa shape index (κ1) is 12.9. The molecule has 2 aromatic rings. The minimum Gasteiger partial charge on any atom is -0.508 e. The Labute approximate surface area is 111 Å². The molecule has 0 aliphatic heterocycles. The summed E-state index contributed by atoms with van der Waals surface area (Å²) in [6, 6.07) is 11.6. The SMILES string of the molecule is Cc1ccccc1/C=C/C(=O)c1cc(O)ccc1O. The Bertz CT molecular complexity index is 642. The molecule has 0 bridgehead atoms. The largest absolute Gasteiger partial charge is 0.508 e. The van der Waals surface area contributed by atoms with Gasteiger partial charge in [-0.2, -0.15) is 0 Å². The van der Waals surface area contributed by atoms with Crippen LogP contribution in [0.1, 0.15) is 21.5 Å². The summed E-state index contributed by atoms with van der Waals surface area (Å²) in [7, 11) is 0. The maximum atomic E-state index is 11.9. The average Bonchev–Trinajstić information content (AvgIpc) is 2.40. The van der Waals surface area contributed by atoms with Gasteiger partial charge >= 0.3 is 0 Å². The van der Waals surface area contributed by atoms with Crippen LogP contribution in [0.15, 0.2) is 48.5 Å². The molecule has 0 unspecified atom stereocenters. The van der Waals surface area contributed by atoms with E-state index < -0.39 is 0 Å². The van der Waals surface area contributed by atoms with E-state index in [9.17, 15) is 15.0 Å². The smallest absolute Gasteiger partial charge is 0.189 e. The van der Waals surface area contributed by atoms with Crippen LogP contribution in [0.4, 0.5) is 0 Å². The second-order valence-electron chi connectivity index (χ2n) is 4.26. The predicted molar refractivity (Wildman–Crippen MR) is 74.3 cm³/mol. The Morgan fingerprint density at radius 1 is 1.11 bits per heavy atom. The number of carbonyl (C=O) groups is 1. The van der Waals surface area contributed by atoms with Gasteiger partial charge in [0, 0.05) is 0 Å². The lowest BCUT2D eigenvalue weighted by molar-refractivity contribution is 0.104. The summed E-state index contributed by atoms with van der Waals surface area (Å²) >= 11 is 0. The quantitative estimate of drug-likeness (QED) is 0.502. The van der Waals surface area contributed by atoms with Gasteiger partial charge in [-0.1, -0.05) is 30.3 Å². The molecular formula is C16H14O3. The van der Waals surface area contributed by atoms with Crippen LogP contribution in [0.2, 0.25) is 0 Å². The van der Waals surface area contributed by atoms with Gasteiger partial charge in [-0.05, 0) is 42.3 Å². The van der Waals surface area contributed by atoms with Crippen LogP contribution in [0.3, 0.4) is 0 Å². The fourth-order valence-corrected chi connectivity index (χ4v) is 1.75. The first-order valence-corrected chi connectivity index (χ1v) is 5.88. The van der Waals surface area contributed by atoms with Crippen molar-refractivity contribution in [2.75, 3.05) is 0 Å². The van der Waals surface area contributed by atoms with Crippen LogP contribution in [0.5, 0.6) is 11.5 Å². The third-order valence-electron chi connectivity index (χ3n) is 2.85. The van der Waals surface area contributed by atoms with E-state index in [1.165, 1.54) is 24.3 Å². The minimum absolute atomic E-state index is 0.0505. The van der Waals surface area contributed by atoms with Gasteiger partial charge in [-0.3, -0.25) is 4.79 Å². The highest BCUT2D eigenvalue weighted by atomic mass is 16.3. The Balaban J connectivity index is 2.26. The molecule has 0 aliphatic carbocycles. The molecule has 0 saturated heterocycles. The summed E-state index contributed by atoms with van der Waals surface area (Å²) in [6.45, 7) is 1.95. The third-order valence-corrected chi connectivity index (χ3v) is 2.85. The zero-order valence-corrected chi connectivity index (χ0v) is 10.5. The fourth-order valence-electron chi connectivity index (χ4n) is 1.75. The number of rotatable bonds is 3. The van der Waals surface area contributed by atoms with Crippen molar-refractivity contribution in [2.24, 2.45) is 0 Å². The molecule has 3 nitrogen and oxygen atoms in total. The molecule has 2 rings (SSSR count). The normalized spacial score (nSPS) is 10.8. The lowest BCUT2D eigenvalue weighted by Crippen LogP contribution is -1.94. The van der Waals surface area contributed by atoms with E-state index in [4.69, 9.17) is 0 Å². The Morgan fingerprint density at radius 3 is 2.58 bits per heavy atom. The summed E-state index contributed by atoms with van der Waals surface area (Å²) in [5.41, 5.74) is 2.09. The number of hydrogen-bond donors (Lipinski definition) is 2. The highest BCUT2D eigenvalue weighted by molar-refractivity contribution is 6.08. The number of phenolic OH excluding ortho intramolecular Hbond substituents is 2. The molecule has 0 aromatic heterocycles. The fraction of sp³-hybridized carbons (Fsp3) is 0.0625. The summed E-state index contributed by atoms with van der Waals surface area (Å²) in [5, 5.41) is 18.9. The van der Waals surface area contributed by atoms with Crippen LogP contribution >= 0.6 is 0 Å².